The summed E-state index contributed by atoms with van der Waals surface area (Å²) < 4.78 is 13.8. The SMILES string of the molecule is OC(CO[C@H]1C[N+]2(CCCOc3ccccc3)CCC1CC2)(c1ccccc1)C1CCCCC1. The summed E-state index contributed by atoms with van der Waals surface area (Å²) in [7, 11) is 0. The second kappa shape index (κ2) is 10.8. The lowest BCUT2D eigenvalue weighted by molar-refractivity contribution is -0.946. The molecular weight excluding hydrogens is 422 g/mol. The first kappa shape index (κ1) is 23.8. The summed E-state index contributed by atoms with van der Waals surface area (Å²) in [6, 6.07) is 20.5. The van der Waals surface area contributed by atoms with Gasteiger partial charge in [-0.1, -0.05) is 67.8 Å². The molecule has 4 aliphatic rings. The van der Waals surface area contributed by atoms with Gasteiger partial charge in [-0.25, -0.2) is 0 Å². The molecule has 4 fully saturated rings. The number of ether oxygens (including phenoxy) is 2. The van der Waals surface area contributed by atoms with Gasteiger partial charge in [0.05, 0.1) is 32.8 Å². The van der Waals surface area contributed by atoms with Gasteiger partial charge >= 0.3 is 0 Å². The van der Waals surface area contributed by atoms with E-state index in [2.05, 4.69) is 24.3 Å². The molecule has 2 atom stereocenters. The summed E-state index contributed by atoms with van der Waals surface area (Å²) in [6.45, 7) is 5.98. The van der Waals surface area contributed by atoms with Gasteiger partial charge < -0.3 is 19.1 Å². The van der Waals surface area contributed by atoms with Crippen LogP contribution in [0.2, 0.25) is 0 Å². The van der Waals surface area contributed by atoms with Crippen LogP contribution < -0.4 is 4.74 Å². The second-order valence-electron chi connectivity index (χ2n) is 11.0. The Bertz CT molecular complexity index is 874. The molecule has 4 heteroatoms. The van der Waals surface area contributed by atoms with Gasteiger partial charge in [-0.3, -0.25) is 0 Å². The van der Waals surface area contributed by atoms with Crippen LogP contribution in [0.15, 0.2) is 60.7 Å². The topological polar surface area (TPSA) is 38.7 Å². The van der Waals surface area contributed by atoms with E-state index in [1.807, 2.05) is 36.4 Å². The van der Waals surface area contributed by atoms with E-state index in [4.69, 9.17) is 9.47 Å². The van der Waals surface area contributed by atoms with Crippen molar-refractivity contribution in [2.24, 2.45) is 11.8 Å². The summed E-state index contributed by atoms with van der Waals surface area (Å²) in [6.07, 6.45) is 9.76. The lowest BCUT2D eigenvalue weighted by atomic mass is 9.73. The maximum absolute atomic E-state index is 12.0. The van der Waals surface area contributed by atoms with Gasteiger partial charge in [0.15, 0.2) is 0 Å². The predicted octanol–water partition coefficient (Wildman–Crippen LogP) is 5.55. The number of para-hydroxylation sites is 1. The summed E-state index contributed by atoms with van der Waals surface area (Å²) in [5.74, 6) is 1.90. The number of benzene rings is 2. The summed E-state index contributed by atoms with van der Waals surface area (Å²) in [5, 5.41) is 12.0. The van der Waals surface area contributed by atoms with Crippen LogP contribution in [-0.4, -0.2) is 55.1 Å². The Labute approximate surface area is 205 Å². The molecule has 1 aliphatic carbocycles. The van der Waals surface area contributed by atoms with Crippen molar-refractivity contribution >= 4 is 0 Å². The maximum atomic E-state index is 12.0. The van der Waals surface area contributed by atoms with Crippen molar-refractivity contribution in [1.29, 1.82) is 0 Å². The molecule has 0 radical (unpaired) electrons. The van der Waals surface area contributed by atoms with Gasteiger partial charge in [0, 0.05) is 25.2 Å². The molecule has 184 valence electrons. The molecule has 0 spiro atoms. The van der Waals surface area contributed by atoms with Crippen LogP contribution in [-0.2, 0) is 10.3 Å². The van der Waals surface area contributed by atoms with Crippen LogP contribution in [0.5, 0.6) is 5.75 Å². The van der Waals surface area contributed by atoms with E-state index >= 15 is 0 Å². The fourth-order valence-corrected chi connectivity index (χ4v) is 6.81. The molecule has 34 heavy (non-hydrogen) atoms. The van der Waals surface area contributed by atoms with Gasteiger partial charge in [0.2, 0.25) is 0 Å². The van der Waals surface area contributed by atoms with E-state index in [0.29, 0.717) is 18.4 Å². The number of fused-ring (bicyclic) bond motifs is 3. The molecule has 0 amide bonds. The fourth-order valence-electron chi connectivity index (χ4n) is 6.81. The van der Waals surface area contributed by atoms with Crippen molar-refractivity contribution in [3.05, 3.63) is 66.2 Å². The van der Waals surface area contributed by atoms with Crippen molar-refractivity contribution in [3.8, 4) is 5.75 Å². The summed E-state index contributed by atoms with van der Waals surface area (Å²) >= 11 is 0. The van der Waals surface area contributed by atoms with Crippen molar-refractivity contribution in [2.45, 2.75) is 63.1 Å². The Hall–Kier alpha value is -1.88. The standard InChI is InChI=1S/C30H42NO3/c32-30(26-11-4-1-5-12-26,27-13-6-2-7-14-27)24-34-29-23-31(20-17-25(29)18-21-31)19-10-22-33-28-15-8-3-9-16-28/h1,3-5,8-9,11-12,15-16,25,27,29,32H,2,6-7,10,13-14,17-24H2/q+1/t25?,29-,30?,31?/m0/s1. The van der Waals surface area contributed by atoms with Gasteiger partial charge in [0.25, 0.3) is 0 Å². The van der Waals surface area contributed by atoms with Gasteiger partial charge in [-0.2, -0.15) is 0 Å². The summed E-state index contributed by atoms with van der Waals surface area (Å²) in [4.78, 5) is 0. The monoisotopic (exact) mass is 464 g/mol. The number of nitrogens with zero attached hydrogens (tertiary/aromatic N) is 1. The van der Waals surface area contributed by atoms with Crippen LogP contribution in [0.1, 0.15) is 56.9 Å². The molecule has 1 unspecified atom stereocenters. The Balaban J connectivity index is 1.19. The first-order chi connectivity index (χ1) is 16.7. The highest BCUT2D eigenvalue weighted by Gasteiger charge is 2.48. The average molecular weight is 465 g/mol. The highest BCUT2D eigenvalue weighted by atomic mass is 16.5. The molecule has 1 saturated carbocycles. The first-order valence-corrected chi connectivity index (χ1v) is 13.6. The van der Waals surface area contributed by atoms with Crippen LogP contribution in [0.3, 0.4) is 0 Å². The third kappa shape index (κ3) is 5.35. The molecule has 3 aliphatic heterocycles. The Morgan fingerprint density at radius 1 is 0.853 bits per heavy atom. The quantitative estimate of drug-likeness (QED) is 0.370. The number of quaternary nitrogens is 1. The highest BCUT2D eigenvalue weighted by Crippen LogP contribution is 2.42. The van der Waals surface area contributed by atoms with E-state index in [9.17, 15) is 5.11 Å². The number of aliphatic hydroxyl groups is 1. The minimum Gasteiger partial charge on any atom is -0.493 e. The lowest BCUT2D eigenvalue weighted by Gasteiger charge is -2.53. The van der Waals surface area contributed by atoms with E-state index < -0.39 is 5.60 Å². The third-order valence-corrected chi connectivity index (χ3v) is 8.90. The smallest absolute Gasteiger partial charge is 0.119 e. The zero-order chi connectivity index (χ0) is 23.3. The van der Waals surface area contributed by atoms with Crippen LogP contribution >= 0.6 is 0 Å². The molecule has 3 heterocycles. The largest absolute Gasteiger partial charge is 0.493 e. The van der Waals surface area contributed by atoms with E-state index in [0.717, 1.165) is 54.8 Å². The average Bonchev–Trinajstić information content (AvgIpc) is 2.92. The molecule has 2 aromatic rings. The Morgan fingerprint density at radius 2 is 1.53 bits per heavy atom. The molecule has 1 N–H and O–H groups in total. The number of piperidine rings is 3. The molecular formula is C30H42NO3+. The Morgan fingerprint density at radius 3 is 2.24 bits per heavy atom. The first-order valence-electron chi connectivity index (χ1n) is 13.6. The molecule has 3 saturated heterocycles. The fraction of sp³-hybridized carbons (Fsp3) is 0.600. The normalized spacial score (nSPS) is 29.0. The number of rotatable bonds is 10. The van der Waals surface area contributed by atoms with Crippen LogP contribution in [0, 0.1) is 11.8 Å². The maximum Gasteiger partial charge on any atom is 0.119 e. The third-order valence-electron chi connectivity index (χ3n) is 8.90. The minimum absolute atomic E-state index is 0.261. The van der Waals surface area contributed by atoms with Crippen molar-refractivity contribution < 1.29 is 19.1 Å². The van der Waals surface area contributed by atoms with Gasteiger partial charge in [0.1, 0.15) is 24.0 Å². The molecule has 0 aromatic heterocycles. The van der Waals surface area contributed by atoms with Gasteiger partial charge in [-0.15, -0.1) is 0 Å². The van der Waals surface area contributed by atoms with E-state index in [-0.39, 0.29) is 6.10 Å². The Kier molecular flexibility index (Phi) is 7.58. The number of hydrogen-bond acceptors (Lipinski definition) is 3. The van der Waals surface area contributed by atoms with Crippen LogP contribution in [0.4, 0.5) is 0 Å². The van der Waals surface area contributed by atoms with E-state index in [1.165, 1.54) is 45.2 Å². The predicted molar refractivity (Wildman–Crippen MR) is 136 cm³/mol. The number of hydrogen-bond donors (Lipinski definition) is 1. The summed E-state index contributed by atoms with van der Waals surface area (Å²) in [5.41, 5.74) is 0.160. The van der Waals surface area contributed by atoms with Crippen molar-refractivity contribution in [3.63, 3.8) is 0 Å². The zero-order valence-corrected chi connectivity index (χ0v) is 20.6. The van der Waals surface area contributed by atoms with E-state index in [1.54, 1.807) is 0 Å². The second-order valence-corrected chi connectivity index (χ2v) is 11.0. The van der Waals surface area contributed by atoms with Crippen molar-refractivity contribution in [1.82, 2.24) is 0 Å². The lowest BCUT2D eigenvalue weighted by Crippen LogP contribution is -2.65. The molecule has 6 rings (SSSR count). The van der Waals surface area contributed by atoms with Crippen LogP contribution in [0.25, 0.3) is 0 Å². The van der Waals surface area contributed by atoms with Crippen molar-refractivity contribution in [2.75, 3.05) is 39.4 Å². The van der Waals surface area contributed by atoms with Gasteiger partial charge in [-0.05, 0) is 36.5 Å². The highest BCUT2D eigenvalue weighted by molar-refractivity contribution is 5.24. The molecule has 4 nitrogen and oxygen atoms in total. The molecule has 2 bridgehead atoms. The minimum atomic E-state index is -0.873. The zero-order valence-electron chi connectivity index (χ0n) is 20.6. The molecule has 2 aromatic carbocycles.